The van der Waals surface area contributed by atoms with Gasteiger partial charge >= 0.3 is 5.97 Å². The lowest BCUT2D eigenvalue weighted by molar-refractivity contribution is -0.143. The van der Waals surface area contributed by atoms with Crippen LogP contribution in [0, 0.1) is 0 Å². The van der Waals surface area contributed by atoms with Crippen molar-refractivity contribution in [3.8, 4) is 0 Å². The number of rotatable bonds is 22. The zero-order valence-corrected chi connectivity index (χ0v) is 26.2. The van der Waals surface area contributed by atoms with E-state index in [0.717, 1.165) is 0 Å². The fourth-order valence-corrected chi connectivity index (χ4v) is 3.68. The van der Waals surface area contributed by atoms with Gasteiger partial charge in [-0.05, 0) is 39.5 Å². The third-order valence-corrected chi connectivity index (χ3v) is 6.31. The van der Waals surface area contributed by atoms with Crippen molar-refractivity contribution in [2.75, 3.05) is 26.3 Å². The molecule has 0 spiro atoms. The number of carbonyl (C=O) groups excluding carboxylic acids is 5. The molecule has 0 heterocycles. The lowest BCUT2D eigenvalue weighted by Gasteiger charge is -2.26. The summed E-state index contributed by atoms with van der Waals surface area (Å²) in [5.74, 6) is -6.64. The Morgan fingerprint density at radius 2 is 1.11 bits per heavy atom. The SMILES string of the molecule is C[C@H](NC(=O)[C@H](CCCN=C(N)N)NC(=O)[C@@H](NC(=O)[C@@H](N)CCCN=C(N)N)[C@@H](C)O)C(=O)N[C@@H](CO)C(=O)N[C@@H](CO)C(=O)O. The minimum Gasteiger partial charge on any atom is -0.480 e. The predicted molar refractivity (Wildman–Crippen MR) is 167 cm³/mol. The molecule has 0 fully saturated rings. The smallest absolute Gasteiger partial charge is 0.328 e. The maximum Gasteiger partial charge on any atom is 0.328 e. The summed E-state index contributed by atoms with van der Waals surface area (Å²) >= 11 is 0. The van der Waals surface area contributed by atoms with Gasteiger partial charge < -0.3 is 75.7 Å². The number of aliphatic carboxylic acids is 1. The first-order valence-electron chi connectivity index (χ1n) is 14.5. The number of nitrogens with zero attached hydrogens (tertiary/aromatic N) is 2. The number of amides is 5. The Hall–Kier alpha value is -4.80. The Kier molecular flexibility index (Phi) is 19.6. The first kappa shape index (κ1) is 42.2. The number of aliphatic hydroxyl groups excluding tert-OH is 3. The summed E-state index contributed by atoms with van der Waals surface area (Å²) in [6, 6.07) is -8.68. The number of hydrogen-bond donors (Lipinski definition) is 14. The minimum absolute atomic E-state index is 0.0573. The number of guanidine groups is 2. The molecule has 0 aromatic carbocycles. The van der Waals surface area contributed by atoms with Crippen LogP contribution in [0.5, 0.6) is 0 Å². The average molecular weight is 677 g/mol. The third kappa shape index (κ3) is 16.9. The number of nitrogens with one attached hydrogen (secondary N) is 5. The molecule has 19 N–H and O–H groups in total. The van der Waals surface area contributed by atoms with Crippen LogP contribution in [0.4, 0.5) is 0 Å². The van der Waals surface area contributed by atoms with E-state index in [1.165, 1.54) is 13.8 Å². The van der Waals surface area contributed by atoms with E-state index in [0.29, 0.717) is 6.42 Å². The summed E-state index contributed by atoms with van der Waals surface area (Å²) in [5.41, 5.74) is 27.0. The van der Waals surface area contributed by atoms with Crippen LogP contribution in [0.1, 0.15) is 39.5 Å². The van der Waals surface area contributed by atoms with Crippen molar-refractivity contribution < 1.29 is 49.2 Å². The van der Waals surface area contributed by atoms with Crippen LogP contribution in [0.15, 0.2) is 9.98 Å². The van der Waals surface area contributed by atoms with E-state index in [9.17, 15) is 39.0 Å². The normalized spacial score (nSPS) is 15.2. The molecule has 0 radical (unpaired) electrons. The van der Waals surface area contributed by atoms with Crippen LogP contribution in [0.3, 0.4) is 0 Å². The lowest BCUT2D eigenvalue weighted by atomic mass is 10.1. The van der Waals surface area contributed by atoms with E-state index in [-0.39, 0.29) is 44.3 Å². The van der Waals surface area contributed by atoms with Crippen LogP contribution in [0.25, 0.3) is 0 Å². The molecule has 0 rings (SSSR count). The van der Waals surface area contributed by atoms with Crippen molar-refractivity contribution in [2.45, 2.75) is 81.9 Å². The molecule has 0 aliphatic rings. The number of aliphatic imine (C=N–C) groups is 2. The fourth-order valence-electron chi connectivity index (χ4n) is 3.68. The minimum atomic E-state index is -1.70. The summed E-state index contributed by atoms with van der Waals surface area (Å²) < 4.78 is 0. The highest BCUT2D eigenvalue weighted by molar-refractivity contribution is 5.96. The van der Waals surface area contributed by atoms with Gasteiger partial charge in [0.1, 0.15) is 30.2 Å². The lowest BCUT2D eigenvalue weighted by Crippen LogP contribution is -2.60. The van der Waals surface area contributed by atoms with Crippen LogP contribution in [-0.2, 0) is 28.8 Å². The highest BCUT2D eigenvalue weighted by Gasteiger charge is 2.32. The van der Waals surface area contributed by atoms with Gasteiger partial charge in [0.2, 0.25) is 29.5 Å². The Bertz CT molecular complexity index is 1130. The van der Waals surface area contributed by atoms with Crippen molar-refractivity contribution in [3.05, 3.63) is 0 Å². The topological polar surface area (TPSA) is 398 Å². The molecule has 0 unspecified atom stereocenters. The number of nitrogens with two attached hydrogens (primary N) is 5. The Labute approximate surface area is 270 Å². The first-order chi connectivity index (χ1) is 21.9. The molecule has 0 saturated carbocycles. The maximum absolute atomic E-state index is 13.2. The van der Waals surface area contributed by atoms with Crippen LogP contribution < -0.4 is 55.3 Å². The number of aliphatic hydroxyl groups is 3. The van der Waals surface area contributed by atoms with Gasteiger partial charge in [-0.3, -0.25) is 34.0 Å². The second-order valence-electron chi connectivity index (χ2n) is 10.3. The second kappa shape index (κ2) is 21.9. The largest absolute Gasteiger partial charge is 0.480 e. The molecule has 0 aromatic heterocycles. The summed E-state index contributed by atoms with van der Waals surface area (Å²) in [7, 11) is 0. The van der Waals surface area contributed by atoms with Crippen LogP contribution in [0.2, 0.25) is 0 Å². The molecule has 0 aliphatic heterocycles. The van der Waals surface area contributed by atoms with Gasteiger partial charge in [-0.2, -0.15) is 0 Å². The van der Waals surface area contributed by atoms with Gasteiger partial charge in [0.25, 0.3) is 0 Å². The molecule has 0 saturated heterocycles. The highest BCUT2D eigenvalue weighted by Crippen LogP contribution is 2.04. The molecule has 5 amide bonds. The quantitative estimate of drug-likeness (QED) is 0.0288. The van der Waals surface area contributed by atoms with Gasteiger partial charge in [-0.1, -0.05) is 0 Å². The zero-order chi connectivity index (χ0) is 36.3. The number of carboxylic acids is 1. The standard InChI is InChI=1S/C25H48N12O10/c1-11(18(41)35-15(9-38)21(44)36-16(10-39)23(46)47)33-20(43)14(6-4-8-32-25(29)30)34-22(45)17(12(2)40)37-19(42)13(26)5-3-7-31-24(27)28/h11-17,38-40H,3-10,26H2,1-2H3,(H,33,43)(H,34,45)(H,35,41)(H,36,44)(H,37,42)(H,46,47)(H4,27,28,31)(H4,29,30,32)/t11-,12+,13-,14-,15-,16-,17-/m0/s1. The first-order valence-corrected chi connectivity index (χ1v) is 14.5. The molecule has 22 nitrogen and oxygen atoms in total. The van der Waals surface area contributed by atoms with Crippen molar-refractivity contribution in [1.29, 1.82) is 0 Å². The van der Waals surface area contributed by atoms with Crippen LogP contribution >= 0.6 is 0 Å². The maximum atomic E-state index is 13.2. The number of carboxylic acid groups (broad SMARTS) is 1. The molecule has 7 atom stereocenters. The van der Waals surface area contributed by atoms with Gasteiger partial charge in [0, 0.05) is 13.1 Å². The van der Waals surface area contributed by atoms with Crippen LogP contribution in [-0.4, -0.2) is 137 Å². The second-order valence-corrected chi connectivity index (χ2v) is 10.3. The van der Waals surface area contributed by atoms with Gasteiger partial charge in [-0.25, -0.2) is 4.79 Å². The fraction of sp³-hybridized carbons (Fsp3) is 0.680. The molecule has 22 heteroatoms. The third-order valence-electron chi connectivity index (χ3n) is 6.31. The Balaban J connectivity index is 5.64. The van der Waals surface area contributed by atoms with Crippen molar-refractivity contribution in [3.63, 3.8) is 0 Å². The zero-order valence-electron chi connectivity index (χ0n) is 26.2. The van der Waals surface area contributed by atoms with Crippen molar-refractivity contribution in [1.82, 2.24) is 26.6 Å². The van der Waals surface area contributed by atoms with E-state index < -0.39 is 91.1 Å². The molecule has 0 bridgehead atoms. The summed E-state index contributed by atoms with van der Waals surface area (Å²) in [4.78, 5) is 82.6. The molecule has 0 aliphatic carbocycles. The van der Waals surface area contributed by atoms with Gasteiger partial charge in [0.15, 0.2) is 11.9 Å². The molecular weight excluding hydrogens is 628 g/mol. The van der Waals surface area contributed by atoms with E-state index in [2.05, 4.69) is 31.3 Å². The van der Waals surface area contributed by atoms with E-state index in [1.54, 1.807) is 0 Å². The number of carbonyl (C=O) groups is 6. The van der Waals surface area contributed by atoms with E-state index in [1.807, 2.05) is 5.32 Å². The average Bonchev–Trinajstić information content (AvgIpc) is 2.99. The molecule has 0 aromatic rings. The summed E-state index contributed by atoms with van der Waals surface area (Å²) in [6.45, 7) is 0.803. The predicted octanol–water partition coefficient (Wildman–Crippen LogP) is -7.69. The monoisotopic (exact) mass is 676 g/mol. The highest BCUT2D eigenvalue weighted by atomic mass is 16.4. The molecular formula is C25H48N12O10. The van der Waals surface area contributed by atoms with Crippen molar-refractivity contribution >= 4 is 47.4 Å². The summed E-state index contributed by atoms with van der Waals surface area (Å²) in [6.07, 6.45) is -0.862. The molecule has 268 valence electrons. The van der Waals surface area contributed by atoms with E-state index in [4.69, 9.17) is 38.9 Å². The number of hydrogen-bond acceptors (Lipinski definition) is 12. The molecule has 47 heavy (non-hydrogen) atoms. The van der Waals surface area contributed by atoms with Gasteiger partial charge in [0.05, 0.1) is 25.4 Å². The Morgan fingerprint density at radius 1 is 0.638 bits per heavy atom. The van der Waals surface area contributed by atoms with E-state index >= 15 is 0 Å². The van der Waals surface area contributed by atoms with Gasteiger partial charge in [-0.15, -0.1) is 0 Å². The summed E-state index contributed by atoms with van der Waals surface area (Å²) in [5, 5.41) is 49.0. The van der Waals surface area contributed by atoms with Crippen molar-refractivity contribution in [2.24, 2.45) is 38.7 Å². The Morgan fingerprint density at radius 3 is 1.57 bits per heavy atom.